The molecule has 0 bridgehead atoms. The second kappa shape index (κ2) is 8.90. The summed E-state index contributed by atoms with van der Waals surface area (Å²) in [5.41, 5.74) is 0.934. The van der Waals surface area contributed by atoms with Crippen LogP contribution in [0.5, 0.6) is 17.2 Å². The third kappa shape index (κ3) is 4.06. The Morgan fingerprint density at radius 3 is 2.57 bits per heavy atom. The summed E-state index contributed by atoms with van der Waals surface area (Å²) in [4.78, 5) is 16.7. The molecule has 8 nitrogen and oxygen atoms in total. The number of benzene rings is 2. The van der Waals surface area contributed by atoms with Crippen molar-refractivity contribution in [2.24, 2.45) is 0 Å². The number of hydrogen-bond acceptors (Lipinski definition) is 8. The molecule has 146 valence electrons. The summed E-state index contributed by atoms with van der Waals surface area (Å²) < 4.78 is 26.5. The first-order chi connectivity index (χ1) is 13.7. The van der Waals surface area contributed by atoms with Crippen LogP contribution >= 0.6 is 0 Å². The molecule has 1 heterocycles. The molecule has 3 aromatic rings. The molecule has 0 N–H and O–H groups in total. The Bertz CT molecular complexity index is 953. The molecule has 0 aliphatic heterocycles. The van der Waals surface area contributed by atoms with E-state index in [2.05, 4.69) is 10.1 Å². The number of esters is 1. The van der Waals surface area contributed by atoms with Crippen molar-refractivity contribution in [2.45, 2.75) is 13.5 Å². The van der Waals surface area contributed by atoms with Crippen molar-refractivity contribution in [3.63, 3.8) is 0 Å². The average Bonchev–Trinajstić information content (AvgIpc) is 3.20. The zero-order valence-corrected chi connectivity index (χ0v) is 15.8. The lowest BCUT2D eigenvalue weighted by atomic mass is 10.2. The summed E-state index contributed by atoms with van der Waals surface area (Å²) in [6.45, 7) is 2.23. The molecule has 8 heteroatoms. The van der Waals surface area contributed by atoms with Gasteiger partial charge in [0.05, 0.1) is 26.4 Å². The molecule has 0 saturated heterocycles. The van der Waals surface area contributed by atoms with Gasteiger partial charge in [-0.1, -0.05) is 23.4 Å². The predicted octanol–water partition coefficient (Wildman–Crippen LogP) is 3.51. The fraction of sp³-hybridized carbons (Fsp3) is 0.250. The van der Waals surface area contributed by atoms with Crippen molar-refractivity contribution in [3.05, 3.63) is 53.9 Å². The highest BCUT2D eigenvalue weighted by Gasteiger charge is 2.19. The molecule has 0 spiro atoms. The van der Waals surface area contributed by atoms with Crippen molar-refractivity contribution in [2.75, 3.05) is 20.8 Å². The first-order valence-electron chi connectivity index (χ1n) is 8.60. The zero-order valence-electron chi connectivity index (χ0n) is 15.8. The van der Waals surface area contributed by atoms with Gasteiger partial charge in [0.15, 0.2) is 18.1 Å². The van der Waals surface area contributed by atoms with Crippen molar-refractivity contribution in [1.29, 1.82) is 0 Å². The van der Waals surface area contributed by atoms with E-state index in [1.165, 1.54) is 14.2 Å². The Labute approximate surface area is 162 Å². The molecule has 1 aromatic heterocycles. The van der Waals surface area contributed by atoms with Crippen LogP contribution in [-0.4, -0.2) is 36.9 Å². The first-order valence-corrected chi connectivity index (χ1v) is 8.60. The number of hydrogen-bond donors (Lipinski definition) is 0. The molecule has 0 radical (unpaired) electrons. The van der Waals surface area contributed by atoms with E-state index < -0.39 is 5.97 Å². The topological polar surface area (TPSA) is 92.9 Å². The number of aromatic nitrogens is 2. The molecule has 0 amide bonds. The maximum absolute atomic E-state index is 12.4. The molecule has 0 aliphatic rings. The fourth-order valence-corrected chi connectivity index (χ4v) is 2.61. The number of nitrogens with zero attached hydrogens (tertiary/aromatic N) is 2. The number of para-hydroxylation sites is 2. The molecule has 0 fully saturated rings. The first kappa shape index (κ1) is 19.2. The Hall–Kier alpha value is -3.55. The normalized spacial score (nSPS) is 10.4. The van der Waals surface area contributed by atoms with Crippen LogP contribution in [0.4, 0.5) is 0 Å². The SMILES string of the molecule is CCOc1ccccc1-c1noc(COC(=O)c2cccc(OC)c2OC)n1. The summed E-state index contributed by atoms with van der Waals surface area (Å²) in [6, 6.07) is 12.3. The van der Waals surface area contributed by atoms with Crippen LogP contribution in [0.3, 0.4) is 0 Å². The average molecular weight is 384 g/mol. The van der Waals surface area contributed by atoms with Gasteiger partial charge in [0, 0.05) is 0 Å². The molecule has 2 aromatic carbocycles. The van der Waals surface area contributed by atoms with Gasteiger partial charge in [-0.25, -0.2) is 4.79 Å². The summed E-state index contributed by atoms with van der Waals surface area (Å²) in [6.07, 6.45) is 0. The van der Waals surface area contributed by atoms with Gasteiger partial charge in [0.2, 0.25) is 5.82 Å². The Kier molecular flexibility index (Phi) is 6.11. The number of carbonyl (C=O) groups is 1. The lowest BCUT2D eigenvalue weighted by Crippen LogP contribution is -2.08. The van der Waals surface area contributed by atoms with Crippen LogP contribution in [0.15, 0.2) is 47.0 Å². The van der Waals surface area contributed by atoms with Gasteiger partial charge >= 0.3 is 5.97 Å². The fourth-order valence-electron chi connectivity index (χ4n) is 2.61. The molecular formula is C20H20N2O6. The maximum Gasteiger partial charge on any atom is 0.342 e. The highest BCUT2D eigenvalue weighted by atomic mass is 16.6. The van der Waals surface area contributed by atoms with Gasteiger partial charge in [0.1, 0.15) is 11.3 Å². The number of carbonyl (C=O) groups excluding carboxylic acids is 1. The minimum absolute atomic E-state index is 0.163. The van der Waals surface area contributed by atoms with E-state index in [0.717, 1.165) is 0 Å². The van der Waals surface area contributed by atoms with Crippen molar-refractivity contribution < 1.29 is 28.3 Å². The quantitative estimate of drug-likeness (QED) is 0.545. The molecule has 0 unspecified atom stereocenters. The summed E-state index contributed by atoms with van der Waals surface area (Å²) in [7, 11) is 2.95. The van der Waals surface area contributed by atoms with E-state index >= 15 is 0 Å². The van der Waals surface area contributed by atoms with Gasteiger partial charge in [0.25, 0.3) is 5.89 Å². The molecule has 3 rings (SSSR count). The highest BCUT2D eigenvalue weighted by Crippen LogP contribution is 2.31. The van der Waals surface area contributed by atoms with E-state index in [0.29, 0.717) is 35.2 Å². The van der Waals surface area contributed by atoms with Crippen LogP contribution < -0.4 is 14.2 Å². The molecular weight excluding hydrogens is 364 g/mol. The van der Waals surface area contributed by atoms with Gasteiger partial charge in [-0.05, 0) is 31.2 Å². The van der Waals surface area contributed by atoms with Crippen LogP contribution in [0, 0.1) is 0 Å². The summed E-state index contributed by atoms with van der Waals surface area (Å²) in [5, 5.41) is 3.94. The van der Waals surface area contributed by atoms with E-state index in [-0.39, 0.29) is 18.1 Å². The van der Waals surface area contributed by atoms with Crippen LogP contribution in [0.25, 0.3) is 11.4 Å². The standard InChI is InChI=1S/C20H20N2O6/c1-4-26-15-10-6-5-8-13(15)19-21-17(28-22-19)12-27-20(23)14-9-7-11-16(24-2)18(14)25-3/h5-11H,4,12H2,1-3H3. The molecule has 0 atom stereocenters. The van der Waals surface area contributed by atoms with Gasteiger partial charge in [-0.2, -0.15) is 4.98 Å². The van der Waals surface area contributed by atoms with Crippen LogP contribution in [-0.2, 0) is 11.3 Å². The zero-order chi connectivity index (χ0) is 19.9. The van der Waals surface area contributed by atoms with Crippen LogP contribution in [0.2, 0.25) is 0 Å². The minimum atomic E-state index is -0.592. The lowest BCUT2D eigenvalue weighted by Gasteiger charge is -2.11. The van der Waals surface area contributed by atoms with Crippen molar-refractivity contribution >= 4 is 5.97 Å². The van der Waals surface area contributed by atoms with Gasteiger partial charge in [-0.15, -0.1) is 0 Å². The molecule has 0 saturated carbocycles. The smallest absolute Gasteiger partial charge is 0.342 e. The second-order valence-corrected chi connectivity index (χ2v) is 5.56. The Morgan fingerprint density at radius 1 is 1.04 bits per heavy atom. The maximum atomic E-state index is 12.4. The number of ether oxygens (including phenoxy) is 4. The minimum Gasteiger partial charge on any atom is -0.493 e. The van der Waals surface area contributed by atoms with Gasteiger partial charge in [-0.3, -0.25) is 0 Å². The van der Waals surface area contributed by atoms with E-state index in [4.69, 9.17) is 23.5 Å². The monoisotopic (exact) mass is 384 g/mol. The third-order valence-corrected chi connectivity index (χ3v) is 3.85. The largest absolute Gasteiger partial charge is 0.493 e. The van der Waals surface area contributed by atoms with Gasteiger partial charge < -0.3 is 23.5 Å². The van der Waals surface area contributed by atoms with Crippen molar-refractivity contribution in [3.8, 4) is 28.6 Å². The van der Waals surface area contributed by atoms with E-state index in [9.17, 15) is 4.79 Å². The summed E-state index contributed by atoms with van der Waals surface area (Å²) in [5.74, 6) is 1.31. The predicted molar refractivity (Wildman–Crippen MR) is 99.6 cm³/mol. The third-order valence-electron chi connectivity index (χ3n) is 3.85. The highest BCUT2D eigenvalue weighted by molar-refractivity contribution is 5.93. The number of methoxy groups -OCH3 is 2. The van der Waals surface area contributed by atoms with E-state index in [1.807, 2.05) is 31.2 Å². The number of rotatable bonds is 8. The molecule has 0 aliphatic carbocycles. The van der Waals surface area contributed by atoms with E-state index in [1.54, 1.807) is 18.2 Å². The molecule has 28 heavy (non-hydrogen) atoms. The Morgan fingerprint density at radius 2 is 1.82 bits per heavy atom. The summed E-state index contributed by atoms with van der Waals surface area (Å²) >= 11 is 0. The Balaban J connectivity index is 1.73. The van der Waals surface area contributed by atoms with Crippen LogP contribution in [0.1, 0.15) is 23.2 Å². The second-order valence-electron chi connectivity index (χ2n) is 5.56. The lowest BCUT2D eigenvalue weighted by molar-refractivity contribution is 0.0425. The van der Waals surface area contributed by atoms with Crippen molar-refractivity contribution in [1.82, 2.24) is 10.1 Å².